The average Bonchev–Trinajstić information content (AvgIpc) is 3.07. The summed E-state index contributed by atoms with van der Waals surface area (Å²) in [6, 6.07) is 6.91. The summed E-state index contributed by atoms with van der Waals surface area (Å²) >= 11 is 1.13. The first-order valence-corrected chi connectivity index (χ1v) is 8.41. The predicted molar refractivity (Wildman–Crippen MR) is 95.2 cm³/mol. The van der Waals surface area contributed by atoms with Crippen LogP contribution in [-0.2, 0) is 11.8 Å². The number of thiazole rings is 1. The maximum atomic E-state index is 12.6. The molecule has 1 amide bonds. The summed E-state index contributed by atoms with van der Waals surface area (Å²) in [5.41, 5.74) is 0.323. The lowest BCUT2D eigenvalue weighted by molar-refractivity contribution is 0.0520. The molecule has 0 aliphatic heterocycles. The molecule has 0 aliphatic rings. The van der Waals surface area contributed by atoms with Crippen LogP contribution in [0.25, 0.3) is 10.8 Å². The van der Waals surface area contributed by atoms with E-state index in [1.807, 2.05) is 0 Å². The number of amides is 1. The van der Waals surface area contributed by atoms with Crippen LogP contribution < -0.4 is 10.9 Å². The molecule has 0 spiro atoms. The van der Waals surface area contributed by atoms with Crippen molar-refractivity contribution in [2.24, 2.45) is 7.05 Å². The van der Waals surface area contributed by atoms with Gasteiger partial charge in [-0.2, -0.15) is 0 Å². The zero-order chi connectivity index (χ0) is 18.0. The molecule has 7 nitrogen and oxygen atoms in total. The zero-order valence-electron chi connectivity index (χ0n) is 13.6. The van der Waals surface area contributed by atoms with Crippen molar-refractivity contribution < 1.29 is 14.3 Å². The van der Waals surface area contributed by atoms with Crippen LogP contribution in [0.5, 0.6) is 0 Å². The van der Waals surface area contributed by atoms with Crippen LogP contribution in [-0.4, -0.2) is 28.0 Å². The summed E-state index contributed by atoms with van der Waals surface area (Å²) in [4.78, 5) is 40.5. The molecule has 0 unspecified atom stereocenters. The first kappa shape index (κ1) is 16.8. The number of carbonyl (C=O) groups excluding carboxylic acids is 2. The van der Waals surface area contributed by atoms with E-state index in [9.17, 15) is 14.4 Å². The SMILES string of the molecule is CCOC(=O)c1csc(NC(=O)c2cn(C)c(=O)c3ccccc23)n1. The number of rotatable bonds is 4. The van der Waals surface area contributed by atoms with Gasteiger partial charge in [0.15, 0.2) is 10.8 Å². The molecule has 1 N–H and O–H groups in total. The molecule has 0 atom stereocenters. The van der Waals surface area contributed by atoms with E-state index in [1.165, 1.54) is 16.1 Å². The lowest BCUT2D eigenvalue weighted by Gasteiger charge is -2.08. The highest BCUT2D eigenvalue weighted by Gasteiger charge is 2.17. The van der Waals surface area contributed by atoms with Crippen LogP contribution in [0.1, 0.15) is 27.8 Å². The Morgan fingerprint density at radius 3 is 2.72 bits per heavy atom. The monoisotopic (exact) mass is 357 g/mol. The minimum atomic E-state index is -0.535. The number of aryl methyl sites for hydroxylation is 1. The number of hydrogen-bond acceptors (Lipinski definition) is 6. The fraction of sp³-hybridized carbons (Fsp3) is 0.176. The van der Waals surface area contributed by atoms with Crippen molar-refractivity contribution in [3.63, 3.8) is 0 Å². The van der Waals surface area contributed by atoms with E-state index in [4.69, 9.17) is 4.74 Å². The molecule has 0 fully saturated rings. The van der Waals surface area contributed by atoms with Gasteiger partial charge in [-0.05, 0) is 13.0 Å². The van der Waals surface area contributed by atoms with Crippen LogP contribution in [0.15, 0.2) is 40.6 Å². The smallest absolute Gasteiger partial charge is 0.357 e. The highest BCUT2D eigenvalue weighted by Crippen LogP contribution is 2.20. The van der Waals surface area contributed by atoms with E-state index in [1.54, 1.807) is 38.2 Å². The normalized spacial score (nSPS) is 10.6. The van der Waals surface area contributed by atoms with Gasteiger partial charge in [0.2, 0.25) is 0 Å². The fourth-order valence-corrected chi connectivity index (χ4v) is 3.07. The second kappa shape index (κ2) is 6.86. The summed E-state index contributed by atoms with van der Waals surface area (Å²) < 4.78 is 6.24. The van der Waals surface area contributed by atoms with Gasteiger partial charge >= 0.3 is 5.97 Å². The molecule has 8 heteroatoms. The summed E-state index contributed by atoms with van der Waals surface area (Å²) in [6.45, 7) is 1.96. The standard InChI is InChI=1S/C17H15N3O4S/c1-3-24-16(23)13-9-25-17(18-13)19-14(21)12-8-20(2)15(22)11-7-5-4-6-10(11)12/h4-9H,3H2,1-2H3,(H,18,19,21). The van der Waals surface area contributed by atoms with Crippen molar-refractivity contribution >= 4 is 39.1 Å². The van der Waals surface area contributed by atoms with Crippen LogP contribution in [0.4, 0.5) is 5.13 Å². The van der Waals surface area contributed by atoms with Crippen LogP contribution in [0.3, 0.4) is 0 Å². The molecule has 2 aromatic heterocycles. The van der Waals surface area contributed by atoms with E-state index in [0.717, 1.165) is 11.3 Å². The Labute approximate surface area is 146 Å². The first-order valence-electron chi connectivity index (χ1n) is 7.53. The van der Waals surface area contributed by atoms with Crippen molar-refractivity contribution in [3.8, 4) is 0 Å². The molecular weight excluding hydrogens is 342 g/mol. The second-order valence-corrected chi connectivity index (χ2v) is 6.08. The predicted octanol–water partition coefficient (Wildman–Crippen LogP) is 2.42. The summed E-state index contributed by atoms with van der Waals surface area (Å²) in [5, 5.41) is 5.49. The molecule has 0 saturated carbocycles. The molecule has 0 bridgehead atoms. The van der Waals surface area contributed by atoms with Crippen LogP contribution in [0, 0.1) is 0 Å². The second-order valence-electron chi connectivity index (χ2n) is 5.22. The number of fused-ring (bicyclic) bond motifs is 1. The lowest BCUT2D eigenvalue weighted by atomic mass is 10.1. The molecule has 3 rings (SSSR count). The highest BCUT2D eigenvalue weighted by molar-refractivity contribution is 7.14. The molecule has 0 radical (unpaired) electrons. The van der Waals surface area contributed by atoms with Gasteiger partial charge in [-0.1, -0.05) is 18.2 Å². The topological polar surface area (TPSA) is 90.3 Å². The van der Waals surface area contributed by atoms with Gasteiger partial charge in [-0.15, -0.1) is 11.3 Å². The summed E-state index contributed by atoms with van der Waals surface area (Å²) in [6.07, 6.45) is 1.49. The van der Waals surface area contributed by atoms with Gasteiger partial charge in [0.05, 0.1) is 12.2 Å². The van der Waals surface area contributed by atoms with Crippen molar-refractivity contribution in [2.75, 3.05) is 11.9 Å². The molecule has 2 heterocycles. The minimum absolute atomic E-state index is 0.146. The third-order valence-corrected chi connectivity index (χ3v) is 4.30. The maximum absolute atomic E-state index is 12.6. The van der Waals surface area contributed by atoms with Crippen LogP contribution in [0.2, 0.25) is 0 Å². The molecule has 3 aromatic rings. The Balaban J connectivity index is 1.92. The number of esters is 1. The number of pyridine rings is 1. The fourth-order valence-electron chi connectivity index (χ4n) is 2.39. The lowest BCUT2D eigenvalue weighted by Crippen LogP contribution is -2.21. The van der Waals surface area contributed by atoms with E-state index in [-0.39, 0.29) is 23.0 Å². The van der Waals surface area contributed by atoms with Gasteiger partial charge in [0.1, 0.15) is 0 Å². The quantitative estimate of drug-likeness (QED) is 0.724. The molecule has 0 aliphatic carbocycles. The highest BCUT2D eigenvalue weighted by atomic mass is 32.1. The molecule has 1 aromatic carbocycles. The van der Waals surface area contributed by atoms with Gasteiger partial charge in [-0.3, -0.25) is 14.9 Å². The van der Waals surface area contributed by atoms with Crippen molar-refractivity contribution in [1.29, 1.82) is 0 Å². The minimum Gasteiger partial charge on any atom is -0.461 e. The largest absolute Gasteiger partial charge is 0.461 e. The van der Waals surface area contributed by atoms with Gasteiger partial charge in [0.25, 0.3) is 11.5 Å². The number of nitrogens with one attached hydrogen (secondary N) is 1. The van der Waals surface area contributed by atoms with E-state index < -0.39 is 11.9 Å². The van der Waals surface area contributed by atoms with Crippen molar-refractivity contribution in [3.05, 3.63) is 57.5 Å². The number of hydrogen-bond donors (Lipinski definition) is 1. The Morgan fingerprint density at radius 1 is 1.28 bits per heavy atom. The molecular formula is C17H15N3O4S. The van der Waals surface area contributed by atoms with Gasteiger partial charge < -0.3 is 9.30 Å². The Kier molecular flexibility index (Phi) is 4.62. The summed E-state index contributed by atoms with van der Waals surface area (Å²) in [5.74, 6) is -0.941. The summed E-state index contributed by atoms with van der Waals surface area (Å²) in [7, 11) is 1.59. The van der Waals surface area contributed by atoms with Crippen molar-refractivity contribution in [1.82, 2.24) is 9.55 Å². The third-order valence-electron chi connectivity index (χ3n) is 3.54. The molecule has 25 heavy (non-hydrogen) atoms. The van der Waals surface area contributed by atoms with E-state index >= 15 is 0 Å². The number of benzene rings is 1. The van der Waals surface area contributed by atoms with Gasteiger partial charge in [-0.25, -0.2) is 9.78 Å². The number of ether oxygens (including phenoxy) is 1. The average molecular weight is 357 g/mol. The first-order chi connectivity index (χ1) is 12.0. The van der Waals surface area contributed by atoms with Crippen LogP contribution >= 0.6 is 11.3 Å². The Morgan fingerprint density at radius 2 is 2.00 bits per heavy atom. The van der Waals surface area contributed by atoms with Crippen molar-refractivity contribution in [2.45, 2.75) is 6.92 Å². The number of anilines is 1. The number of carbonyl (C=O) groups is 2. The van der Waals surface area contributed by atoms with E-state index in [0.29, 0.717) is 16.3 Å². The maximum Gasteiger partial charge on any atom is 0.357 e. The number of nitrogens with zero attached hydrogens (tertiary/aromatic N) is 2. The van der Waals surface area contributed by atoms with Gasteiger partial charge in [0, 0.05) is 29.4 Å². The van der Waals surface area contributed by atoms with E-state index in [2.05, 4.69) is 10.3 Å². The molecule has 0 saturated heterocycles. The molecule has 128 valence electrons. The third kappa shape index (κ3) is 3.29. The zero-order valence-corrected chi connectivity index (χ0v) is 14.4. The number of aromatic nitrogens is 2. The Bertz CT molecular complexity index is 1020. The Hall–Kier alpha value is -3.00.